The summed E-state index contributed by atoms with van der Waals surface area (Å²) in [5.41, 5.74) is 0. The van der Waals surface area contributed by atoms with E-state index in [9.17, 15) is 0 Å². The molecule has 2 heterocycles. The second-order valence-corrected chi connectivity index (χ2v) is 1.83. The summed E-state index contributed by atoms with van der Waals surface area (Å²) in [6.45, 7) is 0. The molecule has 0 aliphatic rings. The van der Waals surface area contributed by atoms with Gasteiger partial charge in [-0.15, -0.1) is 0 Å². The lowest BCUT2D eigenvalue weighted by Crippen LogP contribution is -1.92. The highest BCUT2D eigenvalue weighted by molar-refractivity contribution is 5.14. The minimum Gasteiger partial charge on any atom is -0.320 e. The van der Waals surface area contributed by atoms with E-state index in [0.717, 1.165) is 5.82 Å². The molecule has 0 aliphatic heterocycles. The SMILES string of the molecule is [c]1ncc(-n2cccn2)[nH]1. The molecule has 1 N–H and O–H groups in total. The molecular weight excluding hydrogens is 128 g/mol. The van der Waals surface area contributed by atoms with E-state index in [0.29, 0.717) is 0 Å². The van der Waals surface area contributed by atoms with Gasteiger partial charge in [0.2, 0.25) is 0 Å². The minimum absolute atomic E-state index is 0.824. The smallest absolute Gasteiger partial charge is 0.175 e. The maximum atomic E-state index is 3.98. The number of nitrogens with one attached hydrogen (secondary N) is 1. The molecule has 2 rings (SSSR count). The Morgan fingerprint density at radius 3 is 3.20 bits per heavy atom. The first kappa shape index (κ1) is 5.22. The zero-order valence-electron chi connectivity index (χ0n) is 5.15. The van der Waals surface area contributed by atoms with Crippen LogP contribution in [0.25, 0.3) is 5.82 Å². The van der Waals surface area contributed by atoms with Crippen LogP contribution in [0.4, 0.5) is 0 Å². The van der Waals surface area contributed by atoms with Crippen LogP contribution in [-0.4, -0.2) is 19.7 Å². The van der Waals surface area contributed by atoms with Crippen LogP contribution in [0.15, 0.2) is 24.7 Å². The first-order valence-electron chi connectivity index (χ1n) is 2.88. The molecular formula is C6H5N4. The number of aromatic nitrogens is 4. The van der Waals surface area contributed by atoms with Gasteiger partial charge in [-0.2, -0.15) is 5.10 Å². The average Bonchev–Trinajstić information content (AvgIpc) is 2.59. The summed E-state index contributed by atoms with van der Waals surface area (Å²) in [5, 5.41) is 3.98. The third-order valence-corrected chi connectivity index (χ3v) is 1.19. The Labute approximate surface area is 57.5 Å². The van der Waals surface area contributed by atoms with Crippen molar-refractivity contribution >= 4 is 0 Å². The summed E-state index contributed by atoms with van der Waals surface area (Å²) in [7, 11) is 0. The van der Waals surface area contributed by atoms with Crippen LogP contribution in [0, 0.1) is 6.33 Å². The Balaban J connectivity index is 2.48. The average molecular weight is 133 g/mol. The van der Waals surface area contributed by atoms with Gasteiger partial charge >= 0.3 is 0 Å². The first-order chi connectivity index (χ1) is 4.97. The standard InChI is InChI=1S/C6H5N4/c1-2-9-10(3-1)6-4-7-5-8-6/h1-4H,(H,7,8). The number of nitrogens with zero attached hydrogens (tertiary/aromatic N) is 3. The molecule has 0 bridgehead atoms. The number of hydrogen-bond acceptors (Lipinski definition) is 2. The highest BCUT2D eigenvalue weighted by Gasteiger charge is 1.93. The first-order valence-corrected chi connectivity index (χ1v) is 2.88. The summed E-state index contributed by atoms with van der Waals surface area (Å²) < 4.78 is 1.68. The van der Waals surface area contributed by atoms with Crippen molar-refractivity contribution in [3.63, 3.8) is 0 Å². The second-order valence-electron chi connectivity index (χ2n) is 1.83. The number of imidazole rings is 1. The van der Waals surface area contributed by atoms with Gasteiger partial charge < -0.3 is 4.98 Å². The van der Waals surface area contributed by atoms with Crippen LogP contribution < -0.4 is 0 Å². The third-order valence-electron chi connectivity index (χ3n) is 1.19. The van der Waals surface area contributed by atoms with Crippen LogP contribution in [0.1, 0.15) is 0 Å². The molecule has 0 amide bonds. The van der Waals surface area contributed by atoms with Crippen LogP contribution in [0.5, 0.6) is 0 Å². The molecule has 4 nitrogen and oxygen atoms in total. The van der Waals surface area contributed by atoms with Gasteiger partial charge in [0.15, 0.2) is 12.1 Å². The van der Waals surface area contributed by atoms with Gasteiger partial charge in [-0.25, -0.2) is 9.67 Å². The van der Waals surface area contributed by atoms with Gasteiger partial charge in [-0.3, -0.25) is 0 Å². The van der Waals surface area contributed by atoms with Gasteiger partial charge in [0.05, 0.1) is 6.20 Å². The highest BCUT2D eigenvalue weighted by atomic mass is 15.3. The van der Waals surface area contributed by atoms with E-state index in [2.05, 4.69) is 21.4 Å². The van der Waals surface area contributed by atoms with Gasteiger partial charge in [0, 0.05) is 12.4 Å². The molecule has 0 saturated carbocycles. The Hall–Kier alpha value is -1.58. The van der Waals surface area contributed by atoms with Crippen molar-refractivity contribution in [1.82, 2.24) is 19.7 Å². The number of rotatable bonds is 1. The van der Waals surface area contributed by atoms with Crippen molar-refractivity contribution in [2.24, 2.45) is 0 Å². The summed E-state index contributed by atoms with van der Waals surface area (Å²) in [5.74, 6) is 0.824. The molecule has 0 aliphatic carbocycles. The molecule has 0 aromatic carbocycles. The topological polar surface area (TPSA) is 46.5 Å². The number of hydrogen-bond donors (Lipinski definition) is 1. The van der Waals surface area contributed by atoms with E-state index >= 15 is 0 Å². The molecule has 0 saturated heterocycles. The van der Waals surface area contributed by atoms with E-state index in [1.54, 1.807) is 17.1 Å². The van der Waals surface area contributed by atoms with Crippen LogP contribution >= 0.6 is 0 Å². The van der Waals surface area contributed by atoms with Gasteiger partial charge in [0.25, 0.3) is 0 Å². The predicted octanol–water partition coefficient (Wildman–Crippen LogP) is 0.396. The van der Waals surface area contributed by atoms with E-state index in [1.807, 2.05) is 12.3 Å². The van der Waals surface area contributed by atoms with Crippen molar-refractivity contribution < 1.29 is 0 Å². The summed E-state index contributed by atoms with van der Waals surface area (Å²) in [4.78, 5) is 6.54. The van der Waals surface area contributed by atoms with Gasteiger partial charge in [-0.1, -0.05) is 0 Å². The van der Waals surface area contributed by atoms with Gasteiger partial charge in [0.1, 0.15) is 0 Å². The Bertz CT molecular complexity index is 249. The molecule has 10 heavy (non-hydrogen) atoms. The molecule has 2 aromatic heterocycles. The molecule has 0 spiro atoms. The molecule has 0 atom stereocenters. The van der Waals surface area contributed by atoms with Crippen molar-refractivity contribution in [2.45, 2.75) is 0 Å². The largest absolute Gasteiger partial charge is 0.320 e. The fourth-order valence-electron chi connectivity index (χ4n) is 0.743. The van der Waals surface area contributed by atoms with Crippen LogP contribution in [0.2, 0.25) is 0 Å². The van der Waals surface area contributed by atoms with Crippen molar-refractivity contribution in [1.29, 1.82) is 0 Å². The van der Waals surface area contributed by atoms with Crippen molar-refractivity contribution in [3.8, 4) is 5.82 Å². The van der Waals surface area contributed by atoms with Gasteiger partial charge in [-0.05, 0) is 6.07 Å². The zero-order chi connectivity index (χ0) is 6.81. The van der Waals surface area contributed by atoms with E-state index in [1.165, 1.54) is 0 Å². The Kier molecular flexibility index (Phi) is 1.04. The summed E-state index contributed by atoms with van der Waals surface area (Å²) in [6.07, 6.45) is 7.79. The zero-order valence-corrected chi connectivity index (χ0v) is 5.15. The lowest BCUT2D eigenvalue weighted by atomic mass is 10.7. The predicted molar refractivity (Wildman–Crippen MR) is 34.5 cm³/mol. The van der Waals surface area contributed by atoms with Crippen LogP contribution in [-0.2, 0) is 0 Å². The van der Waals surface area contributed by atoms with E-state index in [4.69, 9.17) is 0 Å². The summed E-state index contributed by atoms with van der Waals surface area (Å²) in [6, 6.07) is 1.85. The van der Waals surface area contributed by atoms with Crippen molar-refractivity contribution in [3.05, 3.63) is 31.0 Å². The number of H-pyrrole nitrogens is 1. The summed E-state index contributed by atoms with van der Waals surface area (Å²) >= 11 is 0. The van der Waals surface area contributed by atoms with Crippen LogP contribution in [0.3, 0.4) is 0 Å². The Morgan fingerprint density at radius 2 is 2.60 bits per heavy atom. The van der Waals surface area contributed by atoms with E-state index < -0.39 is 0 Å². The fraction of sp³-hybridized carbons (Fsp3) is 0. The molecule has 0 fully saturated rings. The maximum Gasteiger partial charge on any atom is 0.175 e. The lowest BCUT2D eigenvalue weighted by Gasteiger charge is -1.91. The quantitative estimate of drug-likeness (QED) is 0.611. The second kappa shape index (κ2) is 1.98. The lowest BCUT2D eigenvalue weighted by molar-refractivity contribution is 0.854. The molecule has 1 radical (unpaired) electrons. The highest BCUT2D eigenvalue weighted by Crippen LogP contribution is 1.96. The van der Waals surface area contributed by atoms with Crippen molar-refractivity contribution in [2.75, 3.05) is 0 Å². The molecule has 4 heteroatoms. The third kappa shape index (κ3) is 0.699. The minimum atomic E-state index is 0.824. The van der Waals surface area contributed by atoms with E-state index in [-0.39, 0.29) is 0 Å². The monoisotopic (exact) mass is 133 g/mol. The number of aromatic amines is 1. The maximum absolute atomic E-state index is 3.98. The normalized spacial score (nSPS) is 10.0. The molecule has 0 unspecified atom stereocenters. The fourth-order valence-corrected chi connectivity index (χ4v) is 0.743. The molecule has 49 valence electrons. The molecule has 2 aromatic rings. The Morgan fingerprint density at radius 1 is 1.60 bits per heavy atom.